The number of anilines is 1. The highest BCUT2D eigenvalue weighted by Gasteiger charge is 2.18. The molecule has 1 aromatic heterocycles. The molecule has 72 valence electrons. The third-order valence-corrected chi connectivity index (χ3v) is 1.92. The average molecular weight is 191 g/mol. The van der Waals surface area contributed by atoms with E-state index in [1.54, 1.807) is 12.1 Å². The zero-order valence-electron chi connectivity index (χ0n) is 7.29. The van der Waals surface area contributed by atoms with Crippen molar-refractivity contribution in [2.75, 3.05) is 5.73 Å². The van der Waals surface area contributed by atoms with Gasteiger partial charge in [0.1, 0.15) is 6.10 Å². The number of rotatable bonds is 2. The van der Waals surface area contributed by atoms with Crippen LogP contribution in [-0.4, -0.2) is 15.4 Å². The number of aliphatic hydroxyl groups excluding tert-OH is 1. The quantitative estimate of drug-likeness (QED) is 0.731. The lowest BCUT2D eigenvalue weighted by atomic mass is 10.1. The summed E-state index contributed by atoms with van der Waals surface area (Å²) in [6.45, 7) is 0. The van der Waals surface area contributed by atoms with Gasteiger partial charge in [-0.2, -0.15) is 0 Å². The summed E-state index contributed by atoms with van der Waals surface area (Å²) in [5.74, 6) is 0.112. The minimum Gasteiger partial charge on any atom is -0.382 e. The Morgan fingerprint density at radius 3 is 2.50 bits per heavy atom. The lowest BCUT2D eigenvalue weighted by molar-refractivity contribution is 0.204. The van der Waals surface area contributed by atoms with Crippen molar-refractivity contribution in [1.82, 2.24) is 10.3 Å². The minimum atomic E-state index is -0.887. The first-order valence-electron chi connectivity index (χ1n) is 4.10. The second-order valence-corrected chi connectivity index (χ2v) is 2.85. The molecule has 0 saturated carbocycles. The van der Waals surface area contributed by atoms with Gasteiger partial charge < -0.3 is 10.8 Å². The third-order valence-electron chi connectivity index (χ3n) is 1.92. The van der Waals surface area contributed by atoms with E-state index in [1.165, 1.54) is 0 Å². The standard InChI is InChI=1S/C9H9N3O2/c10-9-7(11-14-12-9)8(13)6-4-2-1-3-5-6/h1-5,8,13H,(H2,10,12)/t8-/m0/s1. The summed E-state index contributed by atoms with van der Waals surface area (Å²) in [5.41, 5.74) is 6.40. The third kappa shape index (κ3) is 1.45. The summed E-state index contributed by atoms with van der Waals surface area (Å²) in [6, 6.07) is 9.06. The van der Waals surface area contributed by atoms with E-state index in [1.807, 2.05) is 18.2 Å². The summed E-state index contributed by atoms with van der Waals surface area (Å²) >= 11 is 0. The minimum absolute atomic E-state index is 0.112. The molecule has 2 aromatic rings. The molecule has 0 aliphatic heterocycles. The topological polar surface area (TPSA) is 85.2 Å². The number of aliphatic hydroxyl groups is 1. The van der Waals surface area contributed by atoms with E-state index in [0.29, 0.717) is 5.56 Å². The zero-order valence-corrected chi connectivity index (χ0v) is 7.29. The number of nitrogens with zero attached hydrogens (tertiary/aromatic N) is 2. The maximum absolute atomic E-state index is 9.82. The summed E-state index contributed by atoms with van der Waals surface area (Å²) < 4.78 is 4.40. The van der Waals surface area contributed by atoms with Crippen LogP contribution in [0.2, 0.25) is 0 Å². The summed E-state index contributed by atoms with van der Waals surface area (Å²) in [7, 11) is 0. The van der Waals surface area contributed by atoms with Crippen LogP contribution in [0.5, 0.6) is 0 Å². The Bertz CT molecular complexity index is 413. The summed E-state index contributed by atoms with van der Waals surface area (Å²) in [4.78, 5) is 0. The van der Waals surface area contributed by atoms with Gasteiger partial charge >= 0.3 is 0 Å². The smallest absolute Gasteiger partial charge is 0.194 e. The van der Waals surface area contributed by atoms with Crippen molar-refractivity contribution in [3.63, 3.8) is 0 Å². The first-order chi connectivity index (χ1) is 6.79. The normalized spacial score (nSPS) is 12.6. The molecule has 1 atom stereocenters. The Kier molecular flexibility index (Phi) is 2.16. The molecule has 0 aliphatic rings. The lowest BCUT2D eigenvalue weighted by Gasteiger charge is -2.06. The van der Waals surface area contributed by atoms with Crippen molar-refractivity contribution in [3.05, 3.63) is 41.6 Å². The summed E-state index contributed by atoms with van der Waals surface area (Å²) in [5, 5.41) is 16.7. The SMILES string of the molecule is Nc1nonc1[C@@H](O)c1ccccc1. The van der Waals surface area contributed by atoms with Gasteiger partial charge in [0.25, 0.3) is 0 Å². The average Bonchev–Trinajstić information content (AvgIpc) is 2.65. The van der Waals surface area contributed by atoms with E-state index in [4.69, 9.17) is 5.73 Å². The zero-order chi connectivity index (χ0) is 9.97. The van der Waals surface area contributed by atoms with Gasteiger partial charge in [-0.05, 0) is 15.9 Å². The first-order valence-corrected chi connectivity index (χ1v) is 4.10. The predicted octanol–water partition coefficient (Wildman–Crippen LogP) is 0.734. The van der Waals surface area contributed by atoms with Gasteiger partial charge in [-0.3, -0.25) is 0 Å². The fourth-order valence-corrected chi connectivity index (χ4v) is 1.19. The first kappa shape index (κ1) is 8.71. The van der Waals surface area contributed by atoms with Crippen LogP contribution < -0.4 is 5.73 Å². The molecule has 5 nitrogen and oxygen atoms in total. The van der Waals surface area contributed by atoms with E-state index in [0.717, 1.165) is 0 Å². The number of nitrogen functional groups attached to an aromatic ring is 1. The van der Waals surface area contributed by atoms with Crippen LogP contribution in [0.25, 0.3) is 0 Å². The number of aromatic nitrogens is 2. The number of benzene rings is 1. The van der Waals surface area contributed by atoms with Crippen LogP contribution in [-0.2, 0) is 0 Å². The Labute approximate surface area is 80.1 Å². The van der Waals surface area contributed by atoms with Gasteiger partial charge in [0.05, 0.1) is 0 Å². The molecule has 5 heteroatoms. The van der Waals surface area contributed by atoms with Gasteiger partial charge in [0.15, 0.2) is 11.5 Å². The van der Waals surface area contributed by atoms with Gasteiger partial charge in [-0.15, -0.1) is 0 Å². The monoisotopic (exact) mass is 191 g/mol. The number of hydrogen-bond acceptors (Lipinski definition) is 5. The molecule has 1 heterocycles. The maximum Gasteiger partial charge on any atom is 0.194 e. The van der Waals surface area contributed by atoms with Crippen LogP contribution in [0.15, 0.2) is 35.0 Å². The molecule has 3 N–H and O–H groups in total. The number of hydrogen-bond donors (Lipinski definition) is 2. The van der Waals surface area contributed by atoms with Crippen LogP contribution in [0, 0.1) is 0 Å². The van der Waals surface area contributed by atoms with Gasteiger partial charge in [-0.25, -0.2) is 4.63 Å². The molecule has 1 aromatic carbocycles. The highest BCUT2D eigenvalue weighted by atomic mass is 16.6. The van der Waals surface area contributed by atoms with Crippen molar-refractivity contribution in [2.45, 2.75) is 6.10 Å². The summed E-state index contributed by atoms with van der Waals surface area (Å²) in [6.07, 6.45) is -0.887. The fourth-order valence-electron chi connectivity index (χ4n) is 1.19. The van der Waals surface area contributed by atoms with Crippen LogP contribution >= 0.6 is 0 Å². The highest BCUT2D eigenvalue weighted by molar-refractivity contribution is 5.38. The predicted molar refractivity (Wildman–Crippen MR) is 49.2 cm³/mol. The van der Waals surface area contributed by atoms with Gasteiger partial charge in [0.2, 0.25) is 0 Å². The van der Waals surface area contributed by atoms with Crippen molar-refractivity contribution in [3.8, 4) is 0 Å². The van der Waals surface area contributed by atoms with E-state index >= 15 is 0 Å². The molecule has 14 heavy (non-hydrogen) atoms. The Hall–Kier alpha value is -1.88. The van der Waals surface area contributed by atoms with Crippen LogP contribution in [0.4, 0.5) is 5.82 Å². The molecule has 0 bridgehead atoms. The Morgan fingerprint density at radius 2 is 1.93 bits per heavy atom. The molecule has 0 radical (unpaired) electrons. The molecule has 0 spiro atoms. The molecule has 0 saturated heterocycles. The largest absolute Gasteiger partial charge is 0.382 e. The molecule has 0 unspecified atom stereocenters. The maximum atomic E-state index is 9.82. The van der Waals surface area contributed by atoms with Crippen molar-refractivity contribution >= 4 is 5.82 Å². The van der Waals surface area contributed by atoms with Crippen LogP contribution in [0.1, 0.15) is 17.4 Å². The molecule has 0 aliphatic carbocycles. The van der Waals surface area contributed by atoms with E-state index in [9.17, 15) is 5.11 Å². The van der Waals surface area contributed by atoms with Gasteiger partial charge in [-0.1, -0.05) is 30.3 Å². The molecule has 0 fully saturated rings. The molecule has 0 amide bonds. The van der Waals surface area contributed by atoms with Gasteiger partial charge in [0, 0.05) is 0 Å². The fraction of sp³-hybridized carbons (Fsp3) is 0.111. The molecule has 2 rings (SSSR count). The lowest BCUT2D eigenvalue weighted by Crippen LogP contribution is -2.03. The number of nitrogens with two attached hydrogens (primary N) is 1. The highest BCUT2D eigenvalue weighted by Crippen LogP contribution is 2.22. The molecular formula is C9H9N3O2. The molecular weight excluding hydrogens is 182 g/mol. The van der Waals surface area contributed by atoms with E-state index in [2.05, 4.69) is 14.9 Å². The van der Waals surface area contributed by atoms with Crippen molar-refractivity contribution in [2.24, 2.45) is 0 Å². The second-order valence-electron chi connectivity index (χ2n) is 2.85. The Morgan fingerprint density at radius 1 is 1.21 bits per heavy atom. The second kappa shape index (κ2) is 3.47. The van der Waals surface area contributed by atoms with Crippen LogP contribution in [0.3, 0.4) is 0 Å². The van der Waals surface area contributed by atoms with Crippen molar-refractivity contribution in [1.29, 1.82) is 0 Å². The van der Waals surface area contributed by atoms with Crippen molar-refractivity contribution < 1.29 is 9.74 Å². The van der Waals surface area contributed by atoms with E-state index in [-0.39, 0.29) is 11.5 Å². The Balaban J connectivity index is 2.34. The van der Waals surface area contributed by atoms with E-state index < -0.39 is 6.10 Å².